The second kappa shape index (κ2) is 5.67. The lowest BCUT2D eigenvalue weighted by Gasteiger charge is -2.05. The number of halogens is 1. The van der Waals surface area contributed by atoms with E-state index in [1.165, 1.54) is 6.92 Å². The number of pyridine rings is 1. The predicted molar refractivity (Wildman–Crippen MR) is 43.3 cm³/mol. The summed E-state index contributed by atoms with van der Waals surface area (Å²) < 4.78 is 0. The molecule has 0 aromatic carbocycles. The van der Waals surface area contributed by atoms with E-state index in [9.17, 15) is 9.90 Å². The zero-order chi connectivity index (χ0) is 8.97. The third kappa shape index (κ3) is 4.01. The van der Waals surface area contributed by atoms with Crippen molar-refractivity contribution in [1.82, 2.24) is 0 Å². The summed E-state index contributed by atoms with van der Waals surface area (Å²) in [6.45, 7) is 1.47. The van der Waals surface area contributed by atoms with Gasteiger partial charge in [0.15, 0.2) is 12.4 Å². The van der Waals surface area contributed by atoms with Crippen molar-refractivity contribution >= 4 is 5.78 Å². The molecule has 0 saturated carbocycles. The van der Waals surface area contributed by atoms with E-state index < -0.39 is 6.10 Å². The van der Waals surface area contributed by atoms with Crippen molar-refractivity contribution in [1.29, 1.82) is 0 Å². The summed E-state index contributed by atoms with van der Waals surface area (Å²) in [4.78, 5) is 13.5. The second-order valence-electron chi connectivity index (χ2n) is 2.76. The SMILES string of the molecule is CC(=O)C[C@@H](O)c1cc[nH+]cc1.[Cl-]. The molecular weight excluding hydrogens is 190 g/mol. The molecule has 0 aliphatic rings. The Hall–Kier alpha value is -0.930. The fraction of sp³-hybridized carbons (Fsp3) is 0.333. The van der Waals surface area contributed by atoms with Gasteiger partial charge < -0.3 is 17.5 Å². The van der Waals surface area contributed by atoms with Crippen molar-refractivity contribution in [2.75, 3.05) is 0 Å². The van der Waals surface area contributed by atoms with Gasteiger partial charge in [-0.1, -0.05) is 0 Å². The van der Waals surface area contributed by atoms with E-state index >= 15 is 0 Å². The van der Waals surface area contributed by atoms with E-state index in [1.54, 1.807) is 24.5 Å². The maximum Gasteiger partial charge on any atom is 0.167 e. The van der Waals surface area contributed by atoms with E-state index in [4.69, 9.17) is 0 Å². The first-order valence-corrected chi connectivity index (χ1v) is 3.83. The Kier molecular flexibility index (Phi) is 5.26. The van der Waals surface area contributed by atoms with Gasteiger partial charge in [-0.15, -0.1) is 0 Å². The number of ketones is 1. The highest BCUT2D eigenvalue weighted by molar-refractivity contribution is 5.76. The molecule has 4 heteroatoms. The lowest BCUT2D eigenvalue weighted by molar-refractivity contribution is -0.378. The highest BCUT2D eigenvalue weighted by Gasteiger charge is 2.09. The molecule has 0 unspecified atom stereocenters. The van der Waals surface area contributed by atoms with Gasteiger partial charge in [0.1, 0.15) is 5.78 Å². The number of aromatic amines is 1. The van der Waals surface area contributed by atoms with Crippen molar-refractivity contribution in [2.24, 2.45) is 0 Å². The number of rotatable bonds is 3. The van der Waals surface area contributed by atoms with Crippen molar-refractivity contribution in [3.8, 4) is 0 Å². The fourth-order valence-electron chi connectivity index (χ4n) is 1.01. The van der Waals surface area contributed by atoms with Gasteiger partial charge >= 0.3 is 0 Å². The summed E-state index contributed by atoms with van der Waals surface area (Å²) in [6.07, 6.45) is 2.96. The largest absolute Gasteiger partial charge is 1.00 e. The van der Waals surface area contributed by atoms with Gasteiger partial charge in [0.2, 0.25) is 0 Å². The van der Waals surface area contributed by atoms with Crippen LogP contribution in [0.3, 0.4) is 0 Å². The Morgan fingerprint density at radius 3 is 2.54 bits per heavy atom. The number of carbonyl (C=O) groups excluding carboxylic acids is 1. The van der Waals surface area contributed by atoms with Gasteiger partial charge in [0.25, 0.3) is 0 Å². The first-order chi connectivity index (χ1) is 5.70. The van der Waals surface area contributed by atoms with E-state index in [0.29, 0.717) is 0 Å². The average Bonchev–Trinajstić information content (AvgIpc) is 2.05. The molecule has 1 atom stereocenters. The second-order valence-corrected chi connectivity index (χ2v) is 2.76. The lowest BCUT2D eigenvalue weighted by atomic mass is 10.1. The zero-order valence-electron chi connectivity index (χ0n) is 7.33. The standard InChI is InChI=1S/C9H11NO2.ClH/c1-7(11)6-9(12)8-2-4-10-5-3-8;/h2-5,9,12H,6H2,1H3;1H/t9-;/m1./s1. The number of hydrogen-bond acceptors (Lipinski definition) is 2. The van der Waals surface area contributed by atoms with Crippen LogP contribution in [-0.4, -0.2) is 10.9 Å². The van der Waals surface area contributed by atoms with Gasteiger partial charge in [-0.25, -0.2) is 4.98 Å². The molecule has 72 valence electrons. The summed E-state index contributed by atoms with van der Waals surface area (Å²) >= 11 is 0. The number of aliphatic hydroxyl groups excluding tert-OH is 1. The molecule has 0 saturated heterocycles. The Labute approximate surface area is 83.2 Å². The molecule has 0 amide bonds. The van der Waals surface area contributed by atoms with Crippen LogP contribution in [0.2, 0.25) is 0 Å². The normalized spacial score (nSPS) is 11.5. The molecule has 0 aliphatic heterocycles. The van der Waals surface area contributed by atoms with Crippen LogP contribution < -0.4 is 17.4 Å². The van der Waals surface area contributed by atoms with Gasteiger partial charge in [-0.2, -0.15) is 0 Å². The molecule has 1 aromatic heterocycles. The van der Waals surface area contributed by atoms with E-state index in [-0.39, 0.29) is 24.6 Å². The third-order valence-corrected chi connectivity index (χ3v) is 1.61. The molecule has 0 aliphatic carbocycles. The molecule has 1 aromatic rings. The molecule has 3 nitrogen and oxygen atoms in total. The fourth-order valence-corrected chi connectivity index (χ4v) is 1.01. The molecule has 0 fully saturated rings. The van der Waals surface area contributed by atoms with Gasteiger partial charge in [-0.05, 0) is 12.5 Å². The number of aromatic nitrogens is 1. The van der Waals surface area contributed by atoms with Gasteiger partial charge in [0.05, 0.1) is 6.10 Å². The van der Waals surface area contributed by atoms with Crippen LogP contribution in [0, 0.1) is 0 Å². The number of aliphatic hydroxyl groups is 1. The number of hydrogen-bond donors (Lipinski definition) is 1. The summed E-state index contributed by atoms with van der Waals surface area (Å²) in [5, 5.41) is 9.46. The molecule has 0 radical (unpaired) electrons. The predicted octanol–water partition coefficient (Wildman–Crippen LogP) is -2.48. The van der Waals surface area contributed by atoms with Crippen molar-refractivity contribution in [2.45, 2.75) is 19.4 Å². The van der Waals surface area contributed by atoms with Crippen molar-refractivity contribution in [3.05, 3.63) is 30.1 Å². The molecule has 2 N–H and O–H groups in total. The molecular formula is C9H12ClNO2. The minimum absolute atomic E-state index is 0. The first kappa shape index (κ1) is 12.1. The topological polar surface area (TPSA) is 51.4 Å². The highest BCUT2D eigenvalue weighted by Crippen LogP contribution is 2.14. The van der Waals surface area contributed by atoms with Crippen LogP contribution in [0.25, 0.3) is 0 Å². The van der Waals surface area contributed by atoms with Gasteiger partial charge in [0, 0.05) is 18.6 Å². The Balaban J connectivity index is 0.00000144. The van der Waals surface area contributed by atoms with Crippen LogP contribution in [0.15, 0.2) is 24.5 Å². The molecule has 0 bridgehead atoms. The van der Waals surface area contributed by atoms with E-state index in [2.05, 4.69) is 4.98 Å². The average molecular weight is 202 g/mol. The quantitative estimate of drug-likeness (QED) is 0.589. The van der Waals surface area contributed by atoms with Crippen molar-refractivity contribution < 1.29 is 27.3 Å². The molecule has 13 heavy (non-hydrogen) atoms. The van der Waals surface area contributed by atoms with E-state index in [0.717, 1.165) is 5.56 Å². The number of nitrogens with one attached hydrogen (secondary N) is 1. The maximum absolute atomic E-state index is 10.7. The Morgan fingerprint density at radius 1 is 1.54 bits per heavy atom. The smallest absolute Gasteiger partial charge is 0.167 e. The van der Waals surface area contributed by atoms with E-state index in [1.807, 2.05) is 0 Å². The Morgan fingerprint density at radius 2 is 2.08 bits per heavy atom. The number of Topliss-reactive ketones (excluding diaryl/α,β-unsaturated/α-hetero) is 1. The van der Waals surface area contributed by atoms with Gasteiger partial charge in [-0.3, -0.25) is 4.79 Å². The highest BCUT2D eigenvalue weighted by atomic mass is 35.5. The summed E-state index contributed by atoms with van der Waals surface area (Å²) in [7, 11) is 0. The summed E-state index contributed by atoms with van der Waals surface area (Å²) in [6, 6.07) is 3.52. The minimum Gasteiger partial charge on any atom is -1.00 e. The van der Waals surface area contributed by atoms with Crippen LogP contribution >= 0.6 is 0 Å². The molecule has 1 rings (SSSR count). The van der Waals surface area contributed by atoms with Crippen molar-refractivity contribution in [3.63, 3.8) is 0 Å². The molecule has 0 spiro atoms. The number of H-pyrrole nitrogens is 1. The lowest BCUT2D eigenvalue weighted by Crippen LogP contribution is -3.00. The van der Waals surface area contributed by atoms with Crippen LogP contribution in [0.4, 0.5) is 0 Å². The van der Waals surface area contributed by atoms with Crippen LogP contribution in [-0.2, 0) is 4.79 Å². The monoisotopic (exact) mass is 201 g/mol. The first-order valence-electron chi connectivity index (χ1n) is 3.83. The van der Waals surface area contributed by atoms with Crippen LogP contribution in [0.5, 0.6) is 0 Å². The maximum atomic E-state index is 10.7. The minimum atomic E-state index is -0.669. The number of carbonyl (C=O) groups is 1. The summed E-state index contributed by atoms with van der Waals surface area (Å²) in [5.74, 6) is -0.00432. The Bertz CT molecular complexity index is 264. The molecule has 1 heterocycles. The third-order valence-electron chi connectivity index (χ3n) is 1.61. The van der Waals surface area contributed by atoms with Crippen LogP contribution in [0.1, 0.15) is 25.0 Å². The zero-order valence-corrected chi connectivity index (χ0v) is 8.08. The summed E-state index contributed by atoms with van der Waals surface area (Å²) in [5.41, 5.74) is 0.768.